The predicted molar refractivity (Wildman–Crippen MR) is 84.0 cm³/mol. The summed E-state index contributed by atoms with van der Waals surface area (Å²) in [5.74, 6) is -0.898. The molecule has 2 aromatic rings. The van der Waals surface area contributed by atoms with Crippen LogP contribution in [0.25, 0.3) is 10.9 Å². The Morgan fingerprint density at radius 2 is 1.95 bits per heavy atom. The Morgan fingerprint density at radius 3 is 2.48 bits per heavy atom. The maximum Gasteiger partial charge on any atom is 0.335 e. The number of aliphatic hydroxyl groups is 1. The van der Waals surface area contributed by atoms with Gasteiger partial charge in [0, 0.05) is 24.7 Å². The van der Waals surface area contributed by atoms with Crippen molar-refractivity contribution in [2.45, 2.75) is 46.1 Å². The maximum atomic E-state index is 11.4. The molecule has 4 heteroatoms. The summed E-state index contributed by atoms with van der Waals surface area (Å²) in [7, 11) is 0. The number of benzene rings is 1. The molecular weight excluding hydrogens is 266 g/mol. The number of carboxylic acid groups (broad SMARTS) is 1. The molecule has 0 saturated heterocycles. The lowest BCUT2D eigenvalue weighted by molar-refractivity contribution is 0.0697. The quantitative estimate of drug-likeness (QED) is 0.907. The Labute approximate surface area is 125 Å². The topological polar surface area (TPSA) is 62.5 Å². The van der Waals surface area contributed by atoms with Crippen molar-refractivity contribution in [3.63, 3.8) is 0 Å². The Morgan fingerprint density at radius 1 is 1.29 bits per heavy atom. The lowest BCUT2D eigenvalue weighted by atomic mass is 9.84. The minimum Gasteiger partial charge on any atom is -0.478 e. The van der Waals surface area contributed by atoms with Crippen LogP contribution >= 0.6 is 0 Å². The number of aromatic carboxylic acids is 1. The molecule has 0 saturated carbocycles. The summed E-state index contributed by atoms with van der Waals surface area (Å²) >= 11 is 0. The van der Waals surface area contributed by atoms with Crippen molar-refractivity contribution in [3.05, 3.63) is 35.0 Å². The highest BCUT2D eigenvalue weighted by Gasteiger charge is 2.22. The first-order valence-corrected chi connectivity index (χ1v) is 7.24. The van der Waals surface area contributed by atoms with E-state index in [2.05, 4.69) is 25.3 Å². The molecule has 21 heavy (non-hydrogen) atoms. The summed E-state index contributed by atoms with van der Waals surface area (Å²) in [5, 5.41) is 19.4. The standard InChI is InChI=1S/C17H23NO3/c1-11-10-18(6-5-7-19)15-13(11)8-12(16(20)21)9-14(15)17(2,3)4/h8-10,19H,5-7H2,1-4H3,(H,20,21). The van der Waals surface area contributed by atoms with E-state index in [1.54, 1.807) is 12.1 Å². The predicted octanol–water partition coefficient (Wildman–Crippen LogP) is 3.33. The first kappa shape index (κ1) is 15.6. The van der Waals surface area contributed by atoms with E-state index < -0.39 is 5.97 Å². The zero-order chi connectivity index (χ0) is 15.8. The van der Waals surface area contributed by atoms with Crippen LogP contribution in [0.15, 0.2) is 18.3 Å². The van der Waals surface area contributed by atoms with Crippen molar-refractivity contribution in [1.82, 2.24) is 4.57 Å². The summed E-state index contributed by atoms with van der Waals surface area (Å²) < 4.78 is 2.13. The maximum absolute atomic E-state index is 11.4. The molecule has 0 aliphatic carbocycles. The third-order valence-corrected chi connectivity index (χ3v) is 3.78. The van der Waals surface area contributed by atoms with Crippen LogP contribution in [-0.4, -0.2) is 27.4 Å². The molecule has 0 fully saturated rings. The summed E-state index contributed by atoms with van der Waals surface area (Å²) in [6.45, 7) is 9.15. The van der Waals surface area contributed by atoms with Gasteiger partial charge in [0.05, 0.1) is 11.1 Å². The van der Waals surface area contributed by atoms with Crippen molar-refractivity contribution in [3.8, 4) is 0 Å². The highest BCUT2D eigenvalue weighted by molar-refractivity contribution is 5.97. The zero-order valence-corrected chi connectivity index (χ0v) is 13.1. The van der Waals surface area contributed by atoms with Crippen molar-refractivity contribution in [1.29, 1.82) is 0 Å². The molecule has 0 aliphatic heterocycles. The summed E-state index contributed by atoms with van der Waals surface area (Å²) in [6.07, 6.45) is 2.73. The van der Waals surface area contributed by atoms with Gasteiger partial charge in [-0.15, -0.1) is 0 Å². The summed E-state index contributed by atoms with van der Waals surface area (Å²) in [4.78, 5) is 11.4. The first-order valence-electron chi connectivity index (χ1n) is 7.24. The van der Waals surface area contributed by atoms with E-state index >= 15 is 0 Å². The van der Waals surface area contributed by atoms with E-state index in [0.717, 1.165) is 28.6 Å². The minimum atomic E-state index is -0.898. The van der Waals surface area contributed by atoms with Gasteiger partial charge in [-0.3, -0.25) is 0 Å². The van der Waals surface area contributed by atoms with Crippen LogP contribution in [0.4, 0.5) is 0 Å². The van der Waals surface area contributed by atoms with Gasteiger partial charge in [-0.1, -0.05) is 20.8 Å². The molecule has 4 nitrogen and oxygen atoms in total. The van der Waals surface area contributed by atoms with E-state index in [-0.39, 0.29) is 12.0 Å². The van der Waals surface area contributed by atoms with Gasteiger partial charge in [-0.05, 0) is 42.0 Å². The van der Waals surface area contributed by atoms with Gasteiger partial charge in [0.1, 0.15) is 0 Å². The van der Waals surface area contributed by atoms with E-state index in [1.165, 1.54) is 0 Å². The number of aromatic nitrogens is 1. The number of hydrogen-bond acceptors (Lipinski definition) is 2. The van der Waals surface area contributed by atoms with Crippen LogP contribution in [-0.2, 0) is 12.0 Å². The van der Waals surface area contributed by atoms with Gasteiger partial charge in [-0.2, -0.15) is 0 Å². The van der Waals surface area contributed by atoms with Crippen LogP contribution in [0.2, 0.25) is 0 Å². The van der Waals surface area contributed by atoms with Gasteiger partial charge in [0.15, 0.2) is 0 Å². The number of fused-ring (bicyclic) bond motifs is 1. The second-order valence-corrected chi connectivity index (χ2v) is 6.56. The number of carboxylic acids is 1. The number of aliphatic hydroxyl groups excluding tert-OH is 1. The lowest BCUT2D eigenvalue weighted by Gasteiger charge is -2.22. The second kappa shape index (κ2) is 5.53. The molecule has 1 heterocycles. The van der Waals surface area contributed by atoms with Crippen LogP contribution in [0.1, 0.15) is 48.7 Å². The molecule has 0 radical (unpaired) electrons. The highest BCUT2D eigenvalue weighted by Crippen LogP contribution is 2.34. The third kappa shape index (κ3) is 2.95. The fourth-order valence-corrected chi connectivity index (χ4v) is 2.72. The van der Waals surface area contributed by atoms with E-state index in [4.69, 9.17) is 5.11 Å². The Hall–Kier alpha value is -1.81. The van der Waals surface area contributed by atoms with Crippen LogP contribution < -0.4 is 0 Å². The monoisotopic (exact) mass is 289 g/mol. The van der Waals surface area contributed by atoms with Crippen molar-refractivity contribution in [2.75, 3.05) is 6.61 Å². The fourth-order valence-electron chi connectivity index (χ4n) is 2.72. The molecule has 0 spiro atoms. The highest BCUT2D eigenvalue weighted by atomic mass is 16.4. The SMILES string of the molecule is Cc1cn(CCCO)c2c(C(C)(C)C)cc(C(=O)O)cc12. The van der Waals surface area contributed by atoms with Crippen LogP contribution in [0, 0.1) is 6.92 Å². The Kier molecular flexibility index (Phi) is 4.10. The van der Waals surface area contributed by atoms with Gasteiger partial charge in [-0.25, -0.2) is 4.79 Å². The summed E-state index contributed by atoms with van der Waals surface area (Å²) in [5.41, 5.74) is 3.36. The molecule has 114 valence electrons. The molecule has 2 N–H and O–H groups in total. The van der Waals surface area contributed by atoms with Gasteiger partial charge >= 0.3 is 5.97 Å². The number of nitrogens with zero attached hydrogens (tertiary/aromatic N) is 1. The fraction of sp³-hybridized carbons (Fsp3) is 0.471. The Bertz CT molecular complexity index is 677. The average Bonchev–Trinajstić information content (AvgIpc) is 2.71. The molecule has 0 amide bonds. The number of carbonyl (C=O) groups is 1. The van der Waals surface area contributed by atoms with Crippen molar-refractivity contribution >= 4 is 16.9 Å². The van der Waals surface area contributed by atoms with Gasteiger partial charge < -0.3 is 14.8 Å². The molecule has 2 rings (SSSR count). The smallest absolute Gasteiger partial charge is 0.335 e. The normalized spacial score (nSPS) is 12.0. The van der Waals surface area contributed by atoms with Gasteiger partial charge in [0.25, 0.3) is 0 Å². The molecule has 0 aliphatic rings. The zero-order valence-electron chi connectivity index (χ0n) is 13.1. The van der Waals surface area contributed by atoms with E-state index in [9.17, 15) is 9.90 Å². The third-order valence-electron chi connectivity index (χ3n) is 3.78. The van der Waals surface area contributed by atoms with Crippen molar-refractivity contribution in [2.24, 2.45) is 0 Å². The minimum absolute atomic E-state index is 0.147. The molecule has 0 bridgehead atoms. The number of hydrogen-bond donors (Lipinski definition) is 2. The van der Waals surface area contributed by atoms with Gasteiger partial charge in [0.2, 0.25) is 0 Å². The van der Waals surface area contributed by atoms with Crippen LogP contribution in [0.5, 0.6) is 0 Å². The first-order chi connectivity index (χ1) is 9.75. The molecule has 0 atom stereocenters. The molecule has 1 aromatic carbocycles. The van der Waals surface area contributed by atoms with Crippen LogP contribution in [0.3, 0.4) is 0 Å². The molecule has 1 aromatic heterocycles. The largest absolute Gasteiger partial charge is 0.478 e. The van der Waals surface area contributed by atoms with Crippen molar-refractivity contribution < 1.29 is 15.0 Å². The Balaban J connectivity index is 2.78. The van der Waals surface area contributed by atoms with E-state index in [1.807, 2.05) is 13.1 Å². The van der Waals surface area contributed by atoms with E-state index in [0.29, 0.717) is 12.0 Å². The summed E-state index contributed by atoms with van der Waals surface area (Å²) in [6, 6.07) is 3.53. The molecular formula is C17H23NO3. The molecule has 0 unspecified atom stereocenters. The second-order valence-electron chi connectivity index (χ2n) is 6.56. The average molecular weight is 289 g/mol. The lowest BCUT2D eigenvalue weighted by Crippen LogP contribution is -2.15. The number of aryl methyl sites for hydroxylation is 2. The number of rotatable bonds is 4.